The summed E-state index contributed by atoms with van der Waals surface area (Å²) in [5.41, 5.74) is 2.19. The average molecular weight is 333 g/mol. The van der Waals surface area contributed by atoms with Gasteiger partial charge in [-0.15, -0.1) is 0 Å². The summed E-state index contributed by atoms with van der Waals surface area (Å²) in [5, 5.41) is 1.37. The first-order chi connectivity index (χ1) is 10.5. The fourth-order valence-corrected chi connectivity index (χ4v) is 3.49. The Bertz CT molecular complexity index is 950. The molecule has 1 heterocycles. The van der Waals surface area contributed by atoms with Crippen molar-refractivity contribution >= 4 is 43.5 Å². The standard InChI is InChI=1S/C14H11N3O3S2/c1-9-7-8-11-13(17-21-16-11)12(9)15-14(18)22(19,20)10-5-3-2-4-6-10/h2-8H,1H3,(H,15,18). The molecule has 0 fully saturated rings. The minimum atomic E-state index is -4.10. The fourth-order valence-electron chi connectivity index (χ4n) is 1.99. The number of rotatable bonds is 2. The van der Waals surface area contributed by atoms with Crippen molar-refractivity contribution in [3.63, 3.8) is 0 Å². The Balaban J connectivity index is 2.00. The van der Waals surface area contributed by atoms with Crippen LogP contribution >= 0.6 is 11.7 Å². The summed E-state index contributed by atoms with van der Waals surface area (Å²) in [5.74, 6) is 0. The molecular formula is C14H11N3O3S2. The van der Waals surface area contributed by atoms with Gasteiger partial charge in [-0.1, -0.05) is 24.3 Å². The van der Waals surface area contributed by atoms with Crippen LogP contribution in [-0.2, 0) is 9.84 Å². The van der Waals surface area contributed by atoms with Gasteiger partial charge in [-0.25, -0.2) is 8.42 Å². The van der Waals surface area contributed by atoms with Gasteiger partial charge < -0.3 is 5.32 Å². The Morgan fingerprint density at radius 2 is 1.82 bits per heavy atom. The number of anilines is 1. The number of amides is 1. The quantitative estimate of drug-likeness (QED) is 0.778. The van der Waals surface area contributed by atoms with E-state index in [1.165, 1.54) is 12.1 Å². The van der Waals surface area contributed by atoms with Crippen LogP contribution in [0.4, 0.5) is 10.5 Å². The number of hydrogen-bond acceptors (Lipinski definition) is 6. The zero-order chi connectivity index (χ0) is 15.7. The molecule has 0 bridgehead atoms. The summed E-state index contributed by atoms with van der Waals surface area (Å²) in [6.45, 7) is 1.77. The lowest BCUT2D eigenvalue weighted by atomic mass is 10.1. The Kier molecular flexibility index (Phi) is 3.63. The SMILES string of the molecule is Cc1ccc2nsnc2c1NC(=O)S(=O)(=O)c1ccccc1. The number of aryl methyl sites for hydroxylation is 1. The first-order valence-corrected chi connectivity index (χ1v) is 8.54. The average Bonchev–Trinajstić information content (AvgIpc) is 2.99. The van der Waals surface area contributed by atoms with E-state index in [2.05, 4.69) is 14.1 Å². The number of nitrogens with one attached hydrogen (secondary N) is 1. The highest BCUT2D eigenvalue weighted by atomic mass is 32.2. The van der Waals surface area contributed by atoms with Crippen LogP contribution < -0.4 is 5.32 Å². The largest absolute Gasteiger partial charge is 0.345 e. The van der Waals surface area contributed by atoms with E-state index in [-0.39, 0.29) is 4.90 Å². The van der Waals surface area contributed by atoms with Crippen molar-refractivity contribution in [3.05, 3.63) is 48.0 Å². The molecule has 22 heavy (non-hydrogen) atoms. The molecule has 8 heteroatoms. The molecule has 3 rings (SSSR count). The van der Waals surface area contributed by atoms with Crippen molar-refractivity contribution in [2.75, 3.05) is 5.32 Å². The molecule has 0 unspecified atom stereocenters. The van der Waals surface area contributed by atoms with E-state index < -0.39 is 15.1 Å². The van der Waals surface area contributed by atoms with Gasteiger partial charge >= 0.3 is 5.24 Å². The van der Waals surface area contributed by atoms with Crippen molar-refractivity contribution in [2.24, 2.45) is 0 Å². The van der Waals surface area contributed by atoms with E-state index in [0.29, 0.717) is 16.7 Å². The number of nitrogens with zero attached hydrogens (tertiary/aromatic N) is 2. The Morgan fingerprint density at radius 1 is 1.09 bits per heavy atom. The number of hydrogen-bond donors (Lipinski definition) is 1. The van der Waals surface area contributed by atoms with Crippen molar-refractivity contribution in [3.8, 4) is 0 Å². The van der Waals surface area contributed by atoms with Crippen LogP contribution in [0.2, 0.25) is 0 Å². The maximum atomic E-state index is 12.3. The summed E-state index contributed by atoms with van der Waals surface area (Å²) < 4.78 is 32.7. The molecule has 3 aromatic rings. The molecule has 112 valence electrons. The molecule has 0 aliphatic heterocycles. The number of benzene rings is 2. The van der Waals surface area contributed by atoms with E-state index in [9.17, 15) is 13.2 Å². The van der Waals surface area contributed by atoms with Gasteiger partial charge in [0.15, 0.2) is 0 Å². The lowest BCUT2D eigenvalue weighted by Gasteiger charge is -2.09. The maximum absolute atomic E-state index is 12.3. The van der Waals surface area contributed by atoms with Gasteiger partial charge in [0.1, 0.15) is 11.0 Å². The van der Waals surface area contributed by atoms with Gasteiger partial charge in [0.05, 0.1) is 22.3 Å². The highest BCUT2D eigenvalue weighted by Gasteiger charge is 2.26. The first kappa shape index (κ1) is 14.6. The topological polar surface area (TPSA) is 89.0 Å². The maximum Gasteiger partial charge on any atom is 0.345 e. The predicted molar refractivity (Wildman–Crippen MR) is 84.8 cm³/mol. The molecule has 6 nitrogen and oxygen atoms in total. The van der Waals surface area contributed by atoms with Gasteiger partial charge in [0.2, 0.25) is 0 Å². The second-order valence-corrected chi connectivity index (χ2v) is 7.00. The number of fused-ring (bicyclic) bond motifs is 1. The summed E-state index contributed by atoms with van der Waals surface area (Å²) in [7, 11) is -4.10. The molecule has 1 N–H and O–H groups in total. The minimum absolute atomic E-state index is 0.0475. The Labute approximate surface area is 131 Å². The van der Waals surface area contributed by atoms with Crippen LogP contribution in [0.15, 0.2) is 47.4 Å². The molecule has 0 saturated heterocycles. The third kappa shape index (κ3) is 2.46. The monoisotopic (exact) mass is 333 g/mol. The van der Waals surface area contributed by atoms with Crippen LogP contribution in [-0.4, -0.2) is 22.4 Å². The molecular weight excluding hydrogens is 322 g/mol. The second-order valence-electron chi connectivity index (χ2n) is 4.62. The van der Waals surface area contributed by atoms with Crippen molar-refractivity contribution in [1.29, 1.82) is 0 Å². The van der Waals surface area contributed by atoms with Gasteiger partial charge in [0, 0.05) is 0 Å². The van der Waals surface area contributed by atoms with Crippen LogP contribution in [0.25, 0.3) is 11.0 Å². The third-order valence-corrected chi connectivity index (χ3v) is 5.19. The fraction of sp³-hybridized carbons (Fsp3) is 0.0714. The molecule has 1 amide bonds. The van der Waals surface area contributed by atoms with E-state index in [4.69, 9.17) is 0 Å². The summed E-state index contributed by atoms with van der Waals surface area (Å²) in [4.78, 5) is 12.2. The number of aromatic nitrogens is 2. The van der Waals surface area contributed by atoms with Crippen LogP contribution in [0.3, 0.4) is 0 Å². The summed E-state index contributed by atoms with van der Waals surface area (Å²) >= 11 is 1.01. The zero-order valence-corrected chi connectivity index (χ0v) is 13.1. The molecule has 0 saturated carbocycles. The third-order valence-electron chi connectivity index (χ3n) is 3.16. The van der Waals surface area contributed by atoms with Crippen LogP contribution in [0.5, 0.6) is 0 Å². The molecule has 0 spiro atoms. The van der Waals surface area contributed by atoms with E-state index in [1.807, 2.05) is 0 Å². The van der Waals surface area contributed by atoms with Gasteiger partial charge in [-0.05, 0) is 30.7 Å². The zero-order valence-electron chi connectivity index (χ0n) is 11.5. The predicted octanol–water partition coefficient (Wildman–Crippen LogP) is 3.01. The summed E-state index contributed by atoms with van der Waals surface area (Å²) in [6.07, 6.45) is 0. The van der Waals surface area contributed by atoms with E-state index >= 15 is 0 Å². The van der Waals surface area contributed by atoms with Gasteiger partial charge in [-0.2, -0.15) is 8.75 Å². The molecule has 2 aromatic carbocycles. The molecule has 0 aliphatic rings. The molecule has 0 atom stereocenters. The Morgan fingerprint density at radius 3 is 2.55 bits per heavy atom. The van der Waals surface area contributed by atoms with Crippen LogP contribution in [0, 0.1) is 6.92 Å². The number of carbonyl (C=O) groups excluding carboxylic acids is 1. The summed E-state index contributed by atoms with van der Waals surface area (Å²) in [6, 6.07) is 11.1. The Hall–Kier alpha value is -2.32. The molecule has 1 aromatic heterocycles. The lowest BCUT2D eigenvalue weighted by Crippen LogP contribution is -2.22. The number of sulfone groups is 1. The molecule has 0 radical (unpaired) electrons. The normalized spacial score (nSPS) is 11.5. The van der Waals surface area contributed by atoms with Gasteiger partial charge in [0.25, 0.3) is 9.84 Å². The lowest BCUT2D eigenvalue weighted by molar-refractivity contribution is 0.267. The highest BCUT2D eigenvalue weighted by molar-refractivity contribution is 8.06. The molecule has 0 aliphatic carbocycles. The minimum Gasteiger partial charge on any atom is -0.310 e. The van der Waals surface area contributed by atoms with E-state index in [1.54, 1.807) is 37.3 Å². The van der Waals surface area contributed by atoms with E-state index in [0.717, 1.165) is 17.3 Å². The first-order valence-electron chi connectivity index (χ1n) is 6.33. The van der Waals surface area contributed by atoms with Crippen LogP contribution in [0.1, 0.15) is 5.56 Å². The highest BCUT2D eigenvalue weighted by Crippen LogP contribution is 2.26. The second kappa shape index (κ2) is 5.47. The van der Waals surface area contributed by atoms with Crippen molar-refractivity contribution in [2.45, 2.75) is 11.8 Å². The smallest absolute Gasteiger partial charge is 0.310 e. The van der Waals surface area contributed by atoms with Gasteiger partial charge in [-0.3, -0.25) is 4.79 Å². The van der Waals surface area contributed by atoms with Crippen molar-refractivity contribution < 1.29 is 13.2 Å². The van der Waals surface area contributed by atoms with Crippen molar-refractivity contribution in [1.82, 2.24) is 8.75 Å². The number of carbonyl (C=O) groups is 1.